The first kappa shape index (κ1) is 19.5. The number of rotatable bonds is 7. The fourth-order valence-electron chi connectivity index (χ4n) is 3.85. The smallest absolute Gasteiger partial charge is 0.278 e. The van der Waals surface area contributed by atoms with Gasteiger partial charge >= 0.3 is 0 Å². The van der Waals surface area contributed by atoms with Crippen molar-refractivity contribution in [3.05, 3.63) is 51.7 Å². The standard InChI is InChI=1S/C21H26N4OS2/c1-16(21(26)22-9-8-17-5-4-14-27-17)25-12-10-24(11-13-25)15-20-23-18-6-2-3-7-19(18)28-20/h2-7,14,16H,8-13,15H2,1H3,(H,22,26)/p+2/t16-/m0/s1. The molecule has 3 N–H and O–H groups in total. The largest absolute Gasteiger partial charge is 0.351 e. The first-order chi connectivity index (χ1) is 13.7. The van der Waals surface area contributed by atoms with Crippen LogP contribution in [0, 0.1) is 0 Å². The molecule has 7 heteroatoms. The van der Waals surface area contributed by atoms with Gasteiger partial charge in [-0.15, -0.1) is 22.7 Å². The van der Waals surface area contributed by atoms with E-state index < -0.39 is 0 Å². The van der Waals surface area contributed by atoms with Crippen LogP contribution in [0.25, 0.3) is 10.2 Å². The van der Waals surface area contributed by atoms with Crippen molar-refractivity contribution in [2.24, 2.45) is 0 Å². The highest BCUT2D eigenvalue weighted by atomic mass is 32.1. The normalized spacial score (nSPS) is 20.9. The third kappa shape index (κ3) is 4.78. The molecule has 0 unspecified atom stereocenters. The molecule has 28 heavy (non-hydrogen) atoms. The molecule has 1 aromatic carbocycles. The number of hydrogen-bond acceptors (Lipinski definition) is 4. The van der Waals surface area contributed by atoms with E-state index in [-0.39, 0.29) is 11.9 Å². The number of fused-ring (bicyclic) bond motifs is 1. The Labute approximate surface area is 174 Å². The molecule has 0 saturated carbocycles. The van der Waals surface area contributed by atoms with Crippen LogP contribution in [0.2, 0.25) is 0 Å². The van der Waals surface area contributed by atoms with Gasteiger partial charge in [0.1, 0.15) is 37.7 Å². The van der Waals surface area contributed by atoms with Crippen LogP contribution >= 0.6 is 22.7 Å². The highest BCUT2D eigenvalue weighted by Gasteiger charge is 2.31. The van der Waals surface area contributed by atoms with E-state index in [2.05, 4.69) is 48.0 Å². The zero-order chi connectivity index (χ0) is 19.3. The summed E-state index contributed by atoms with van der Waals surface area (Å²) in [5, 5.41) is 6.42. The van der Waals surface area contributed by atoms with Crippen molar-refractivity contribution in [3.8, 4) is 0 Å². The predicted octanol–water partition coefficient (Wildman–Crippen LogP) is 0.389. The lowest BCUT2D eigenvalue weighted by molar-refractivity contribution is -1.02. The molecule has 1 aliphatic heterocycles. The van der Waals surface area contributed by atoms with Gasteiger partial charge in [0.05, 0.1) is 10.2 Å². The maximum absolute atomic E-state index is 12.5. The second-order valence-electron chi connectivity index (χ2n) is 7.50. The number of benzene rings is 1. The highest BCUT2D eigenvalue weighted by Crippen LogP contribution is 2.20. The Balaban J connectivity index is 1.22. The van der Waals surface area contributed by atoms with Crippen molar-refractivity contribution in [1.29, 1.82) is 0 Å². The Kier molecular flexibility index (Phi) is 6.36. The molecule has 0 spiro atoms. The topological polar surface area (TPSA) is 50.9 Å². The predicted molar refractivity (Wildman–Crippen MR) is 115 cm³/mol. The van der Waals surface area contributed by atoms with Gasteiger partial charge in [0.2, 0.25) is 0 Å². The van der Waals surface area contributed by atoms with Crippen LogP contribution in [-0.4, -0.2) is 49.7 Å². The van der Waals surface area contributed by atoms with Crippen LogP contribution in [0.15, 0.2) is 41.8 Å². The number of carbonyl (C=O) groups excluding carboxylic acids is 1. The van der Waals surface area contributed by atoms with Gasteiger partial charge in [0.25, 0.3) is 5.91 Å². The molecule has 1 fully saturated rings. The van der Waals surface area contributed by atoms with Gasteiger partial charge in [-0.25, -0.2) is 4.98 Å². The quantitative estimate of drug-likeness (QED) is 0.522. The molecule has 1 amide bonds. The summed E-state index contributed by atoms with van der Waals surface area (Å²) >= 11 is 3.56. The molecular weight excluding hydrogens is 388 g/mol. The third-order valence-corrected chi connectivity index (χ3v) is 7.57. The van der Waals surface area contributed by atoms with Gasteiger partial charge in [0, 0.05) is 11.4 Å². The van der Waals surface area contributed by atoms with Gasteiger partial charge in [0.15, 0.2) is 6.04 Å². The number of quaternary nitrogens is 2. The molecule has 0 bridgehead atoms. The number of nitrogens with one attached hydrogen (secondary N) is 3. The minimum Gasteiger partial charge on any atom is -0.351 e. The Morgan fingerprint density at radius 2 is 2.00 bits per heavy atom. The lowest BCUT2D eigenvalue weighted by Crippen LogP contribution is -3.29. The third-order valence-electron chi connectivity index (χ3n) is 5.60. The van der Waals surface area contributed by atoms with Gasteiger partial charge < -0.3 is 15.1 Å². The second-order valence-corrected chi connectivity index (χ2v) is 9.65. The van der Waals surface area contributed by atoms with Crippen LogP contribution in [-0.2, 0) is 17.8 Å². The monoisotopic (exact) mass is 416 g/mol. The minimum atomic E-state index is 0.0207. The van der Waals surface area contributed by atoms with Crippen LogP contribution in [0.1, 0.15) is 16.8 Å². The van der Waals surface area contributed by atoms with Crippen molar-refractivity contribution in [2.45, 2.75) is 25.9 Å². The van der Waals surface area contributed by atoms with Gasteiger partial charge in [-0.3, -0.25) is 4.79 Å². The lowest BCUT2D eigenvalue weighted by Gasteiger charge is -2.32. The fraction of sp³-hybridized carbons (Fsp3) is 0.429. The van der Waals surface area contributed by atoms with Crippen LogP contribution in [0.3, 0.4) is 0 Å². The van der Waals surface area contributed by atoms with Crippen molar-refractivity contribution in [2.75, 3.05) is 32.7 Å². The molecule has 4 rings (SSSR count). The van der Waals surface area contributed by atoms with Crippen LogP contribution in [0.5, 0.6) is 0 Å². The number of piperazine rings is 1. The minimum absolute atomic E-state index is 0.0207. The molecule has 1 atom stereocenters. The van der Waals surface area contributed by atoms with E-state index in [9.17, 15) is 4.79 Å². The summed E-state index contributed by atoms with van der Waals surface area (Å²) in [6, 6.07) is 12.6. The van der Waals surface area contributed by atoms with E-state index in [4.69, 9.17) is 4.98 Å². The average molecular weight is 417 g/mol. The van der Waals surface area contributed by atoms with Crippen molar-refractivity contribution in [1.82, 2.24) is 10.3 Å². The summed E-state index contributed by atoms with van der Waals surface area (Å²) in [6.45, 7) is 8.06. The zero-order valence-corrected chi connectivity index (χ0v) is 17.9. The lowest BCUT2D eigenvalue weighted by atomic mass is 10.2. The van der Waals surface area contributed by atoms with Gasteiger partial charge in [-0.1, -0.05) is 18.2 Å². The summed E-state index contributed by atoms with van der Waals surface area (Å²) < 4.78 is 1.27. The Hall–Kier alpha value is -1.80. The number of hydrogen-bond donors (Lipinski definition) is 3. The Morgan fingerprint density at radius 3 is 2.75 bits per heavy atom. The van der Waals surface area contributed by atoms with Crippen molar-refractivity contribution >= 4 is 38.8 Å². The van der Waals surface area contributed by atoms with E-state index in [1.165, 1.54) is 19.5 Å². The molecule has 1 saturated heterocycles. The number of thiazole rings is 1. The molecule has 3 heterocycles. The first-order valence-electron chi connectivity index (χ1n) is 10.0. The molecular formula is C21H28N4OS2+2. The number of nitrogens with zero attached hydrogens (tertiary/aromatic N) is 1. The number of aromatic nitrogens is 1. The van der Waals surface area contributed by atoms with Crippen LogP contribution in [0.4, 0.5) is 0 Å². The summed E-state index contributed by atoms with van der Waals surface area (Å²) in [7, 11) is 0. The molecule has 3 aromatic rings. The molecule has 2 aromatic heterocycles. The van der Waals surface area contributed by atoms with Crippen molar-refractivity contribution in [3.63, 3.8) is 0 Å². The first-order valence-corrected chi connectivity index (χ1v) is 11.7. The van der Waals surface area contributed by atoms with E-state index in [0.29, 0.717) is 0 Å². The van der Waals surface area contributed by atoms with E-state index >= 15 is 0 Å². The second kappa shape index (κ2) is 9.13. The average Bonchev–Trinajstić information content (AvgIpc) is 3.37. The van der Waals surface area contributed by atoms with E-state index in [1.807, 2.05) is 17.4 Å². The summed E-state index contributed by atoms with van der Waals surface area (Å²) in [4.78, 5) is 21.6. The number of para-hydroxylation sites is 1. The Bertz CT molecular complexity index is 867. The summed E-state index contributed by atoms with van der Waals surface area (Å²) in [5.41, 5.74) is 1.11. The number of carbonyl (C=O) groups is 1. The SMILES string of the molecule is C[C@@H](C(=O)NCCc1cccs1)[NH+]1CC[NH+](Cc2nc3ccccc3s2)CC1. The number of amides is 1. The molecule has 148 valence electrons. The maximum Gasteiger partial charge on any atom is 0.278 e. The maximum atomic E-state index is 12.5. The molecule has 0 aliphatic carbocycles. The molecule has 1 aliphatic rings. The molecule has 0 radical (unpaired) electrons. The fourth-order valence-corrected chi connectivity index (χ4v) is 5.59. The van der Waals surface area contributed by atoms with Gasteiger partial charge in [-0.2, -0.15) is 0 Å². The summed E-state index contributed by atoms with van der Waals surface area (Å²) in [5.74, 6) is 0.182. The number of thiophene rings is 1. The van der Waals surface area contributed by atoms with Gasteiger partial charge in [-0.05, 0) is 36.9 Å². The van der Waals surface area contributed by atoms with E-state index in [1.54, 1.807) is 16.2 Å². The zero-order valence-electron chi connectivity index (χ0n) is 16.2. The Morgan fingerprint density at radius 1 is 1.18 bits per heavy atom. The molecule has 5 nitrogen and oxygen atoms in total. The van der Waals surface area contributed by atoms with E-state index in [0.717, 1.165) is 51.2 Å². The van der Waals surface area contributed by atoms with Crippen LogP contribution < -0.4 is 15.1 Å². The highest BCUT2D eigenvalue weighted by molar-refractivity contribution is 7.18. The summed E-state index contributed by atoms with van der Waals surface area (Å²) in [6.07, 6.45) is 0.922. The van der Waals surface area contributed by atoms with Crippen molar-refractivity contribution < 1.29 is 14.6 Å².